The first-order valence-electron chi connectivity index (χ1n) is 4.40. The topological polar surface area (TPSA) is 35.5 Å². The van der Waals surface area contributed by atoms with Crippen LogP contribution in [0.25, 0.3) is 0 Å². The molecule has 0 aliphatic carbocycles. The van der Waals surface area contributed by atoms with E-state index in [9.17, 15) is 4.79 Å². The van der Waals surface area contributed by atoms with Crippen molar-refractivity contribution in [1.82, 2.24) is 0 Å². The van der Waals surface area contributed by atoms with Crippen LogP contribution >= 0.6 is 0 Å². The van der Waals surface area contributed by atoms with Crippen molar-refractivity contribution in [2.24, 2.45) is 0 Å². The molecule has 0 spiro atoms. The maximum Gasteiger partial charge on any atom is 0.193 e. The van der Waals surface area contributed by atoms with E-state index in [1.54, 1.807) is 20.3 Å². The number of benzene rings is 1. The van der Waals surface area contributed by atoms with E-state index >= 15 is 0 Å². The summed E-state index contributed by atoms with van der Waals surface area (Å²) < 4.78 is 10.3. The summed E-state index contributed by atoms with van der Waals surface area (Å²) in [6.45, 7) is 1.91. The number of hydrogen-bond donors (Lipinski definition) is 0. The molecule has 1 aromatic carbocycles. The van der Waals surface area contributed by atoms with E-state index in [4.69, 9.17) is 9.47 Å². The molecule has 3 nitrogen and oxygen atoms in total. The van der Waals surface area contributed by atoms with Gasteiger partial charge in [-0.2, -0.15) is 0 Å². The van der Waals surface area contributed by atoms with Gasteiger partial charge in [-0.3, -0.25) is 4.79 Å². The minimum Gasteiger partial charge on any atom is -0.496 e. The van der Waals surface area contributed by atoms with Gasteiger partial charge in [-0.25, -0.2) is 0 Å². The molecule has 1 aromatic rings. The molecule has 0 bridgehead atoms. The monoisotopic (exact) mass is 204 g/mol. The van der Waals surface area contributed by atoms with Gasteiger partial charge in [0.05, 0.1) is 19.8 Å². The van der Waals surface area contributed by atoms with Crippen LogP contribution in [0, 0.1) is 18.8 Å². The molecule has 15 heavy (non-hydrogen) atoms. The number of rotatable bonds is 2. The number of aryl methyl sites for hydroxylation is 1. The molecule has 0 aliphatic heterocycles. The van der Waals surface area contributed by atoms with Crippen molar-refractivity contribution in [3.05, 3.63) is 23.3 Å². The Hall–Kier alpha value is -1.95. The highest BCUT2D eigenvalue weighted by molar-refractivity contribution is 5.74. The maximum atomic E-state index is 10.2. The summed E-state index contributed by atoms with van der Waals surface area (Å²) in [5.41, 5.74) is 1.61. The molecule has 0 saturated carbocycles. The third-order valence-corrected chi connectivity index (χ3v) is 1.98. The molecular weight excluding hydrogens is 192 g/mol. The van der Waals surface area contributed by atoms with E-state index in [1.165, 1.54) is 0 Å². The van der Waals surface area contributed by atoms with Crippen molar-refractivity contribution in [3.8, 4) is 23.3 Å². The maximum absolute atomic E-state index is 10.2. The highest BCUT2D eigenvalue weighted by Gasteiger charge is 2.06. The average Bonchev–Trinajstić information content (AvgIpc) is 2.26. The number of carbonyl (C=O) groups excluding carboxylic acids is 1. The number of aldehydes is 1. The minimum absolute atomic E-state index is 0.547. The summed E-state index contributed by atoms with van der Waals surface area (Å²) in [5, 5.41) is 0. The molecule has 0 N–H and O–H groups in total. The van der Waals surface area contributed by atoms with Gasteiger partial charge in [-0.1, -0.05) is 5.92 Å². The second-order valence-corrected chi connectivity index (χ2v) is 2.91. The summed E-state index contributed by atoms with van der Waals surface area (Å²) in [6, 6.07) is 3.58. The Kier molecular flexibility index (Phi) is 3.75. The Bertz CT molecular complexity index is 424. The lowest BCUT2D eigenvalue weighted by molar-refractivity contribution is -0.103. The predicted octanol–water partition coefficient (Wildman–Crippen LogP) is 1.56. The Morgan fingerprint density at radius 1 is 1.20 bits per heavy atom. The van der Waals surface area contributed by atoms with Crippen molar-refractivity contribution in [2.45, 2.75) is 6.92 Å². The van der Waals surface area contributed by atoms with E-state index in [2.05, 4.69) is 11.8 Å². The van der Waals surface area contributed by atoms with Crippen LogP contribution in [-0.4, -0.2) is 20.5 Å². The van der Waals surface area contributed by atoms with Crippen molar-refractivity contribution < 1.29 is 14.3 Å². The molecule has 0 unspecified atom stereocenters. The van der Waals surface area contributed by atoms with Crippen LogP contribution in [0.3, 0.4) is 0 Å². The quantitative estimate of drug-likeness (QED) is 0.541. The fourth-order valence-electron chi connectivity index (χ4n) is 1.26. The van der Waals surface area contributed by atoms with Crippen LogP contribution in [0.5, 0.6) is 11.5 Å². The van der Waals surface area contributed by atoms with Crippen molar-refractivity contribution in [2.75, 3.05) is 14.2 Å². The second-order valence-electron chi connectivity index (χ2n) is 2.91. The third kappa shape index (κ3) is 2.50. The molecule has 0 fully saturated rings. The molecule has 0 heterocycles. The Labute approximate surface area is 89.0 Å². The largest absolute Gasteiger partial charge is 0.496 e. The zero-order valence-electron chi connectivity index (χ0n) is 8.96. The van der Waals surface area contributed by atoms with E-state index in [0.717, 1.165) is 11.3 Å². The zero-order valence-corrected chi connectivity index (χ0v) is 8.96. The minimum atomic E-state index is 0.547. The first kappa shape index (κ1) is 11.1. The number of carbonyl (C=O) groups is 1. The molecular formula is C12H12O3. The number of methoxy groups -OCH3 is 2. The Balaban J connectivity index is 3.28. The van der Waals surface area contributed by atoms with E-state index < -0.39 is 0 Å². The Morgan fingerprint density at radius 3 is 2.40 bits per heavy atom. The van der Waals surface area contributed by atoms with Gasteiger partial charge >= 0.3 is 0 Å². The zero-order chi connectivity index (χ0) is 11.3. The van der Waals surface area contributed by atoms with Crippen LogP contribution in [0.1, 0.15) is 11.1 Å². The number of hydrogen-bond acceptors (Lipinski definition) is 3. The first-order chi connectivity index (χ1) is 7.22. The summed E-state index contributed by atoms with van der Waals surface area (Å²) in [6.07, 6.45) is 0.547. The lowest BCUT2D eigenvalue weighted by Crippen LogP contribution is -1.93. The summed E-state index contributed by atoms with van der Waals surface area (Å²) >= 11 is 0. The van der Waals surface area contributed by atoms with Gasteiger partial charge in [0.1, 0.15) is 11.5 Å². The fraction of sp³-hybridized carbons (Fsp3) is 0.250. The van der Waals surface area contributed by atoms with Gasteiger partial charge in [0.15, 0.2) is 6.29 Å². The van der Waals surface area contributed by atoms with E-state index in [-0.39, 0.29) is 0 Å². The predicted molar refractivity (Wildman–Crippen MR) is 57.2 cm³/mol. The molecule has 78 valence electrons. The van der Waals surface area contributed by atoms with Gasteiger partial charge in [-0.05, 0) is 30.5 Å². The lowest BCUT2D eigenvalue weighted by atomic mass is 10.1. The van der Waals surface area contributed by atoms with Crippen LogP contribution in [-0.2, 0) is 4.79 Å². The van der Waals surface area contributed by atoms with Crippen molar-refractivity contribution in [1.29, 1.82) is 0 Å². The van der Waals surface area contributed by atoms with Crippen molar-refractivity contribution in [3.63, 3.8) is 0 Å². The number of ether oxygens (including phenoxy) is 2. The van der Waals surface area contributed by atoms with Crippen LogP contribution in [0.2, 0.25) is 0 Å². The Morgan fingerprint density at radius 2 is 1.87 bits per heavy atom. The van der Waals surface area contributed by atoms with Crippen molar-refractivity contribution >= 4 is 6.29 Å². The SMILES string of the molecule is COc1cc(C#CC=O)c(OC)cc1C. The average molecular weight is 204 g/mol. The summed E-state index contributed by atoms with van der Waals surface area (Å²) in [7, 11) is 3.15. The second kappa shape index (κ2) is 5.06. The van der Waals surface area contributed by atoms with Gasteiger partial charge < -0.3 is 9.47 Å². The third-order valence-electron chi connectivity index (χ3n) is 1.98. The van der Waals surface area contributed by atoms with Gasteiger partial charge in [0, 0.05) is 0 Å². The van der Waals surface area contributed by atoms with E-state index in [0.29, 0.717) is 17.6 Å². The smallest absolute Gasteiger partial charge is 0.193 e. The molecule has 0 radical (unpaired) electrons. The van der Waals surface area contributed by atoms with Gasteiger partial charge in [-0.15, -0.1) is 0 Å². The molecule has 3 heteroatoms. The normalized spacial score (nSPS) is 8.73. The van der Waals surface area contributed by atoms with E-state index in [1.807, 2.05) is 13.0 Å². The highest BCUT2D eigenvalue weighted by Crippen LogP contribution is 2.27. The first-order valence-corrected chi connectivity index (χ1v) is 4.40. The molecule has 0 atom stereocenters. The summed E-state index contributed by atoms with van der Waals surface area (Å²) in [4.78, 5) is 10.2. The lowest BCUT2D eigenvalue weighted by Gasteiger charge is -2.09. The van der Waals surface area contributed by atoms with Crippen LogP contribution < -0.4 is 9.47 Å². The molecule has 0 aromatic heterocycles. The van der Waals surface area contributed by atoms with Gasteiger partial charge in [0.2, 0.25) is 0 Å². The summed E-state index contributed by atoms with van der Waals surface area (Å²) in [5.74, 6) is 6.41. The fourth-order valence-corrected chi connectivity index (χ4v) is 1.26. The highest BCUT2D eigenvalue weighted by atomic mass is 16.5. The molecule has 0 saturated heterocycles. The molecule has 0 aliphatic rings. The standard InChI is InChI=1S/C12H12O3/c1-9-7-12(15-3)10(5-4-6-13)8-11(9)14-2/h6-8H,1-3H3. The van der Waals surface area contributed by atoms with Crippen LogP contribution in [0.4, 0.5) is 0 Å². The van der Waals surface area contributed by atoms with Crippen LogP contribution in [0.15, 0.2) is 12.1 Å². The molecule has 1 rings (SSSR count). The molecule has 0 amide bonds. The van der Waals surface area contributed by atoms with Gasteiger partial charge in [0.25, 0.3) is 0 Å².